The third-order valence-corrected chi connectivity index (χ3v) is 5.30. The fourth-order valence-corrected chi connectivity index (χ4v) is 3.65. The number of aromatic nitrogens is 1. The highest BCUT2D eigenvalue weighted by atomic mass is 35.5. The van der Waals surface area contributed by atoms with Crippen LogP contribution in [0.15, 0.2) is 41.2 Å². The van der Waals surface area contributed by atoms with E-state index in [1.807, 2.05) is 0 Å². The van der Waals surface area contributed by atoms with E-state index in [9.17, 15) is 35.9 Å². The number of anilines is 1. The van der Waals surface area contributed by atoms with Crippen molar-refractivity contribution in [3.05, 3.63) is 42.3 Å². The Kier molecular flexibility index (Phi) is 7.64. The van der Waals surface area contributed by atoms with Gasteiger partial charge >= 0.3 is 6.36 Å². The van der Waals surface area contributed by atoms with Crippen molar-refractivity contribution in [2.45, 2.75) is 55.7 Å². The van der Waals surface area contributed by atoms with Crippen LogP contribution in [0.3, 0.4) is 0 Å². The second kappa shape index (κ2) is 10.1. The minimum atomic E-state index is -4.97. The molecule has 0 unspecified atom stereocenters. The summed E-state index contributed by atoms with van der Waals surface area (Å²) >= 11 is 5.34. The smallest absolute Gasteiger partial charge is 0.406 e. The van der Waals surface area contributed by atoms with E-state index in [0.29, 0.717) is 4.90 Å². The molecule has 7 nitrogen and oxygen atoms in total. The van der Waals surface area contributed by atoms with E-state index in [-0.39, 0.29) is 24.1 Å². The van der Waals surface area contributed by atoms with E-state index in [2.05, 4.69) is 15.2 Å². The first kappa shape index (κ1) is 25.7. The van der Waals surface area contributed by atoms with Gasteiger partial charge in [-0.2, -0.15) is 0 Å². The van der Waals surface area contributed by atoms with Crippen molar-refractivity contribution >= 4 is 29.1 Å². The Bertz CT molecular complexity index is 975. The zero-order valence-electron chi connectivity index (χ0n) is 17.2. The lowest BCUT2D eigenvalue weighted by molar-refractivity contribution is -0.274. The third kappa shape index (κ3) is 6.55. The molecule has 0 bridgehead atoms. The van der Waals surface area contributed by atoms with Gasteiger partial charge in [-0.1, -0.05) is 16.8 Å². The molecule has 2 atom stereocenters. The van der Waals surface area contributed by atoms with Crippen LogP contribution in [0.4, 0.5) is 32.0 Å². The number of benzene rings is 1. The maximum Gasteiger partial charge on any atom is 0.573 e. The van der Waals surface area contributed by atoms with E-state index in [1.165, 1.54) is 0 Å². The van der Waals surface area contributed by atoms with Crippen molar-refractivity contribution in [2.24, 2.45) is 0 Å². The molecule has 2 amide bonds. The molecule has 3 rings (SSSR count). The lowest BCUT2D eigenvalue weighted by Gasteiger charge is -2.33. The molecule has 1 heterocycles. The number of alkyl halides is 7. The van der Waals surface area contributed by atoms with Crippen molar-refractivity contribution in [3.8, 4) is 5.75 Å². The van der Waals surface area contributed by atoms with Gasteiger partial charge in [0.25, 0.3) is 11.5 Å². The summed E-state index contributed by atoms with van der Waals surface area (Å²) in [5, 5.41) is 6.02. The van der Waals surface area contributed by atoms with E-state index in [0.717, 1.165) is 36.7 Å². The number of carbonyl (C=O) groups excluding carboxylic acids is 2. The van der Waals surface area contributed by atoms with Gasteiger partial charge in [-0.15, -0.1) is 13.2 Å². The van der Waals surface area contributed by atoms with Crippen molar-refractivity contribution in [1.29, 1.82) is 0 Å². The van der Waals surface area contributed by atoms with Gasteiger partial charge < -0.3 is 14.6 Å². The summed E-state index contributed by atoms with van der Waals surface area (Å²) in [5.41, 5.74) is -2.83. The predicted molar refractivity (Wildman–Crippen MR) is 106 cm³/mol. The second-order valence-electron chi connectivity index (χ2n) is 7.55. The molecule has 0 aliphatic heterocycles. The molecule has 1 aromatic heterocycles. The highest BCUT2D eigenvalue weighted by Crippen LogP contribution is 2.35. The molecule has 2 aromatic rings. The standard InChI is InChI=1S/C20H18ClF6N3O4/c21-16(22)18(32)30(13-1-3-14(4-2-13)34-20(25,26)27)15(11-9-28-33-10-11)17(31)29-12-5-7-19(23,24)8-6-12/h1-4,9-10,12,15-16H,5-8H2,(H,29,31)/t15-,16+/m1/s1. The van der Waals surface area contributed by atoms with Crippen LogP contribution >= 0.6 is 11.6 Å². The number of rotatable bonds is 7. The number of amides is 2. The Hall–Kier alpha value is -2.96. The van der Waals surface area contributed by atoms with Gasteiger partial charge in [-0.25, -0.2) is 13.2 Å². The first-order valence-corrected chi connectivity index (χ1v) is 10.3. The summed E-state index contributed by atoms with van der Waals surface area (Å²) in [6.45, 7) is 0. The van der Waals surface area contributed by atoms with Crippen LogP contribution in [-0.4, -0.2) is 40.9 Å². The van der Waals surface area contributed by atoms with Crippen LogP contribution in [0, 0.1) is 0 Å². The lowest BCUT2D eigenvalue weighted by atomic mass is 9.92. The average molecular weight is 514 g/mol. The quantitative estimate of drug-likeness (QED) is 0.421. The van der Waals surface area contributed by atoms with Gasteiger partial charge in [0.15, 0.2) is 0 Å². The number of nitrogens with one attached hydrogen (secondary N) is 1. The molecule has 0 radical (unpaired) electrons. The Balaban J connectivity index is 1.93. The number of nitrogens with zero attached hydrogens (tertiary/aromatic N) is 2. The normalized spacial score (nSPS) is 18.1. The number of ether oxygens (including phenoxy) is 1. The summed E-state index contributed by atoms with van der Waals surface area (Å²) < 4.78 is 86.7. The molecule has 1 N–H and O–H groups in total. The van der Waals surface area contributed by atoms with Crippen molar-refractivity contribution in [1.82, 2.24) is 10.5 Å². The van der Waals surface area contributed by atoms with E-state index >= 15 is 0 Å². The molecule has 0 spiro atoms. The third-order valence-electron chi connectivity index (χ3n) is 5.11. The molecule has 186 valence electrons. The Labute approximate surface area is 194 Å². The minimum Gasteiger partial charge on any atom is -0.406 e. The van der Waals surface area contributed by atoms with Crippen LogP contribution < -0.4 is 15.0 Å². The first-order valence-electron chi connectivity index (χ1n) is 9.91. The topological polar surface area (TPSA) is 84.7 Å². The monoisotopic (exact) mass is 513 g/mol. The Morgan fingerprint density at radius 3 is 2.32 bits per heavy atom. The SMILES string of the molecule is O=C(NC1CCC(F)(F)CC1)[C@@H](c1cnoc1)N(C(=O)[C@H](F)Cl)c1ccc(OC(F)(F)F)cc1. The zero-order chi connectivity index (χ0) is 25.1. The Morgan fingerprint density at radius 1 is 1.21 bits per heavy atom. The van der Waals surface area contributed by atoms with E-state index in [4.69, 9.17) is 16.1 Å². The van der Waals surface area contributed by atoms with Crippen molar-refractivity contribution in [2.75, 3.05) is 4.90 Å². The molecule has 1 aromatic carbocycles. The molecule has 1 aliphatic carbocycles. The van der Waals surface area contributed by atoms with Crippen LogP contribution in [0.1, 0.15) is 37.3 Å². The second-order valence-corrected chi connectivity index (χ2v) is 7.93. The van der Waals surface area contributed by atoms with Gasteiger partial charge in [0.2, 0.25) is 11.8 Å². The molecule has 1 fully saturated rings. The highest BCUT2D eigenvalue weighted by molar-refractivity contribution is 6.32. The maximum atomic E-state index is 13.9. The molecule has 1 aliphatic rings. The summed E-state index contributed by atoms with van der Waals surface area (Å²) in [6.07, 6.45) is -3.87. The van der Waals surface area contributed by atoms with Crippen LogP contribution in [0.2, 0.25) is 0 Å². The Morgan fingerprint density at radius 2 is 1.82 bits per heavy atom. The number of carbonyl (C=O) groups is 2. The van der Waals surface area contributed by atoms with E-state index in [1.54, 1.807) is 0 Å². The average Bonchev–Trinajstić information content (AvgIpc) is 3.26. The zero-order valence-corrected chi connectivity index (χ0v) is 18.0. The maximum absolute atomic E-state index is 13.9. The van der Waals surface area contributed by atoms with Crippen molar-refractivity contribution in [3.63, 3.8) is 0 Å². The summed E-state index contributed by atoms with van der Waals surface area (Å²) in [5.74, 6) is -5.75. The lowest BCUT2D eigenvalue weighted by Crippen LogP contribution is -2.49. The summed E-state index contributed by atoms with van der Waals surface area (Å²) in [4.78, 5) is 26.4. The highest BCUT2D eigenvalue weighted by Gasteiger charge is 2.40. The predicted octanol–water partition coefficient (Wildman–Crippen LogP) is 4.88. The number of hydrogen-bond donors (Lipinski definition) is 1. The molecular weight excluding hydrogens is 496 g/mol. The van der Waals surface area contributed by atoms with Gasteiger partial charge in [0.1, 0.15) is 18.1 Å². The molecule has 0 saturated heterocycles. The molecule has 34 heavy (non-hydrogen) atoms. The van der Waals surface area contributed by atoms with Gasteiger partial charge in [-0.05, 0) is 37.1 Å². The van der Waals surface area contributed by atoms with Crippen LogP contribution in [0.25, 0.3) is 0 Å². The van der Waals surface area contributed by atoms with Crippen LogP contribution in [-0.2, 0) is 9.59 Å². The molecule has 1 saturated carbocycles. The largest absolute Gasteiger partial charge is 0.573 e. The molecular formula is C20H18ClF6N3O4. The van der Waals surface area contributed by atoms with Gasteiger partial charge in [-0.3, -0.25) is 14.5 Å². The minimum absolute atomic E-state index is 0.0140. The van der Waals surface area contributed by atoms with Crippen LogP contribution in [0.5, 0.6) is 5.75 Å². The summed E-state index contributed by atoms with van der Waals surface area (Å²) in [6, 6.07) is 1.44. The fraction of sp³-hybridized carbons (Fsp3) is 0.450. The number of hydrogen-bond acceptors (Lipinski definition) is 5. The van der Waals surface area contributed by atoms with Gasteiger partial charge in [0.05, 0.1) is 6.20 Å². The first-order chi connectivity index (χ1) is 15.9. The van der Waals surface area contributed by atoms with E-state index < -0.39 is 60.4 Å². The fourth-order valence-electron chi connectivity index (χ4n) is 3.55. The summed E-state index contributed by atoms with van der Waals surface area (Å²) in [7, 11) is 0. The number of halogens is 7. The van der Waals surface area contributed by atoms with Gasteiger partial charge in [0, 0.05) is 30.1 Å². The molecule has 14 heteroatoms. The van der Waals surface area contributed by atoms with Crippen molar-refractivity contribution < 1.29 is 45.2 Å².